The Hall–Kier alpha value is -1.32. The lowest BCUT2D eigenvalue weighted by Crippen LogP contribution is -2.32. The molecule has 0 bridgehead atoms. The molecule has 1 aromatic rings. The molecular formula is C13H16F3NO4S. The Balaban J connectivity index is 1.96. The van der Waals surface area contributed by atoms with Gasteiger partial charge in [0.1, 0.15) is 5.75 Å². The largest absolute Gasteiger partial charge is 0.573 e. The van der Waals surface area contributed by atoms with Crippen molar-refractivity contribution in [2.24, 2.45) is 5.92 Å². The minimum absolute atomic E-state index is 0.103. The Bertz CT molecular complexity index is 580. The van der Waals surface area contributed by atoms with Gasteiger partial charge in [-0.2, -0.15) is 0 Å². The molecule has 1 aliphatic heterocycles. The number of nitrogens with one attached hydrogen (secondary N) is 1. The molecule has 1 fully saturated rings. The van der Waals surface area contributed by atoms with Crippen LogP contribution in [0.4, 0.5) is 13.2 Å². The van der Waals surface area contributed by atoms with Gasteiger partial charge in [-0.3, -0.25) is 0 Å². The maximum atomic E-state index is 12.1. The number of halogens is 3. The third-order valence-corrected chi connectivity index (χ3v) is 4.71. The van der Waals surface area contributed by atoms with E-state index in [2.05, 4.69) is 9.46 Å². The fraction of sp³-hybridized carbons (Fsp3) is 0.538. The summed E-state index contributed by atoms with van der Waals surface area (Å²) in [5.41, 5.74) is 0. The summed E-state index contributed by atoms with van der Waals surface area (Å²) in [6.07, 6.45) is -3.25. The maximum Gasteiger partial charge on any atom is 0.573 e. The summed E-state index contributed by atoms with van der Waals surface area (Å²) in [5.74, 6) is -0.257. The van der Waals surface area contributed by atoms with Crippen LogP contribution in [0.2, 0.25) is 0 Å². The predicted molar refractivity (Wildman–Crippen MR) is 71.9 cm³/mol. The third kappa shape index (κ3) is 5.15. The molecule has 1 N–H and O–H groups in total. The molecule has 1 aliphatic rings. The molecule has 1 saturated heterocycles. The minimum atomic E-state index is -4.80. The number of benzene rings is 1. The van der Waals surface area contributed by atoms with E-state index < -0.39 is 22.1 Å². The molecule has 1 heterocycles. The van der Waals surface area contributed by atoms with Gasteiger partial charge in [0.15, 0.2) is 0 Å². The van der Waals surface area contributed by atoms with Gasteiger partial charge < -0.3 is 9.47 Å². The average Bonchev–Trinajstić information content (AvgIpc) is 2.45. The summed E-state index contributed by atoms with van der Waals surface area (Å²) in [7, 11) is -3.75. The van der Waals surface area contributed by atoms with Crippen molar-refractivity contribution < 1.29 is 31.1 Å². The van der Waals surface area contributed by atoms with Gasteiger partial charge in [-0.1, -0.05) is 0 Å². The molecule has 1 aromatic carbocycles. The first-order valence-corrected chi connectivity index (χ1v) is 8.18. The third-order valence-electron chi connectivity index (χ3n) is 3.27. The van der Waals surface area contributed by atoms with Crippen molar-refractivity contribution >= 4 is 10.0 Å². The van der Waals surface area contributed by atoms with Crippen LogP contribution in [-0.4, -0.2) is 34.5 Å². The number of alkyl halides is 3. The molecule has 22 heavy (non-hydrogen) atoms. The van der Waals surface area contributed by atoms with Gasteiger partial charge in [0.2, 0.25) is 10.0 Å². The first-order valence-electron chi connectivity index (χ1n) is 6.69. The second-order valence-corrected chi connectivity index (χ2v) is 6.69. The first-order chi connectivity index (χ1) is 10.3. The summed E-state index contributed by atoms with van der Waals surface area (Å²) in [6, 6.07) is 4.09. The monoisotopic (exact) mass is 339 g/mol. The van der Waals surface area contributed by atoms with Crippen LogP contribution in [0, 0.1) is 5.92 Å². The zero-order valence-electron chi connectivity index (χ0n) is 11.6. The van der Waals surface area contributed by atoms with Gasteiger partial charge >= 0.3 is 6.36 Å². The predicted octanol–water partition coefficient (Wildman–Crippen LogP) is 2.29. The quantitative estimate of drug-likeness (QED) is 0.894. The highest BCUT2D eigenvalue weighted by molar-refractivity contribution is 7.89. The van der Waals surface area contributed by atoms with Gasteiger partial charge in [-0.15, -0.1) is 13.2 Å². The number of ether oxygens (including phenoxy) is 2. The second-order valence-electron chi connectivity index (χ2n) is 4.93. The minimum Gasteiger partial charge on any atom is -0.406 e. The summed E-state index contributed by atoms with van der Waals surface area (Å²) < 4.78 is 71.6. The van der Waals surface area contributed by atoms with Crippen molar-refractivity contribution in [3.63, 3.8) is 0 Å². The Labute approximate surface area is 126 Å². The Morgan fingerprint density at radius 3 is 2.32 bits per heavy atom. The van der Waals surface area contributed by atoms with Crippen LogP contribution < -0.4 is 9.46 Å². The van der Waals surface area contributed by atoms with E-state index >= 15 is 0 Å². The molecule has 0 unspecified atom stereocenters. The van der Waals surface area contributed by atoms with E-state index in [1.807, 2.05) is 0 Å². The number of rotatable bonds is 5. The summed E-state index contributed by atoms with van der Waals surface area (Å²) in [6.45, 7) is 1.50. The van der Waals surface area contributed by atoms with E-state index in [-0.39, 0.29) is 17.4 Å². The van der Waals surface area contributed by atoms with Crippen molar-refractivity contribution in [3.05, 3.63) is 24.3 Å². The van der Waals surface area contributed by atoms with Gasteiger partial charge in [0.25, 0.3) is 0 Å². The van der Waals surface area contributed by atoms with Crippen molar-refractivity contribution in [1.29, 1.82) is 0 Å². The van der Waals surface area contributed by atoms with E-state index in [0.717, 1.165) is 37.1 Å². The van der Waals surface area contributed by atoms with Crippen LogP contribution in [0.1, 0.15) is 12.8 Å². The Kier molecular flexibility index (Phi) is 5.30. The topological polar surface area (TPSA) is 64.6 Å². The highest BCUT2D eigenvalue weighted by Crippen LogP contribution is 2.24. The van der Waals surface area contributed by atoms with Crippen molar-refractivity contribution in [3.8, 4) is 5.75 Å². The van der Waals surface area contributed by atoms with Crippen LogP contribution in [0.5, 0.6) is 5.75 Å². The standard InChI is InChI=1S/C13H16F3NO4S/c14-13(15,16)21-11-1-3-12(4-2-11)22(18,19)17-9-10-5-7-20-8-6-10/h1-4,10,17H,5-9H2. The molecular weight excluding hydrogens is 323 g/mol. The van der Waals surface area contributed by atoms with Crippen LogP contribution >= 0.6 is 0 Å². The lowest BCUT2D eigenvalue weighted by molar-refractivity contribution is -0.274. The molecule has 0 aromatic heterocycles. The second kappa shape index (κ2) is 6.84. The summed E-state index contributed by atoms with van der Waals surface area (Å²) >= 11 is 0. The fourth-order valence-corrected chi connectivity index (χ4v) is 3.20. The van der Waals surface area contributed by atoms with Gasteiger partial charge in [0, 0.05) is 19.8 Å². The zero-order valence-corrected chi connectivity index (χ0v) is 12.4. The van der Waals surface area contributed by atoms with Gasteiger partial charge in [-0.05, 0) is 43.0 Å². The molecule has 0 radical (unpaired) electrons. The number of hydrogen-bond acceptors (Lipinski definition) is 4. The van der Waals surface area contributed by atoms with Crippen LogP contribution in [-0.2, 0) is 14.8 Å². The van der Waals surface area contributed by atoms with Crippen LogP contribution in [0.25, 0.3) is 0 Å². The zero-order chi connectivity index (χ0) is 16.2. The fourth-order valence-electron chi connectivity index (χ4n) is 2.08. The highest BCUT2D eigenvalue weighted by Gasteiger charge is 2.31. The van der Waals surface area contributed by atoms with Crippen molar-refractivity contribution in [1.82, 2.24) is 4.72 Å². The van der Waals surface area contributed by atoms with Crippen molar-refractivity contribution in [2.75, 3.05) is 19.8 Å². The lowest BCUT2D eigenvalue weighted by atomic mass is 10.0. The SMILES string of the molecule is O=S(=O)(NCC1CCOCC1)c1ccc(OC(F)(F)F)cc1. The molecule has 0 amide bonds. The number of hydrogen-bond donors (Lipinski definition) is 1. The highest BCUT2D eigenvalue weighted by atomic mass is 32.2. The van der Waals surface area contributed by atoms with Gasteiger partial charge in [0.05, 0.1) is 4.90 Å². The molecule has 2 rings (SSSR count). The molecule has 9 heteroatoms. The molecule has 0 aliphatic carbocycles. The molecule has 0 spiro atoms. The van der Waals surface area contributed by atoms with Crippen LogP contribution in [0.15, 0.2) is 29.2 Å². The van der Waals surface area contributed by atoms with E-state index in [4.69, 9.17) is 4.74 Å². The van der Waals surface area contributed by atoms with E-state index in [1.54, 1.807) is 0 Å². The molecule has 5 nitrogen and oxygen atoms in total. The molecule has 124 valence electrons. The Morgan fingerprint density at radius 2 is 1.77 bits per heavy atom. The first kappa shape index (κ1) is 17.0. The average molecular weight is 339 g/mol. The van der Waals surface area contributed by atoms with Crippen molar-refractivity contribution in [2.45, 2.75) is 24.1 Å². The lowest BCUT2D eigenvalue weighted by Gasteiger charge is -2.22. The van der Waals surface area contributed by atoms with E-state index in [9.17, 15) is 21.6 Å². The Morgan fingerprint density at radius 1 is 1.18 bits per heavy atom. The van der Waals surface area contributed by atoms with Gasteiger partial charge in [-0.25, -0.2) is 13.1 Å². The normalized spacial score (nSPS) is 17.4. The summed E-state index contributed by atoms with van der Waals surface area (Å²) in [4.78, 5) is -0.103. The smallest absolute Gasteiger partial charge is 0.406 e. The summed E-state index contributed by atoms with van der Waals surface area (Å²) in [5, 5.41) is 0. The van der Waals surface area contributed by atoms with E-state index in [1.165, 1.54) is 0 Å². The number of sulfonamides is 1. The molecule has 0 saturated carbocycles. The van der Waals surface area contributed by atoms with Crippen LogP contribution in [0.3, 0.4) is 0 Å². The molecule has 0 atom stereocenters. The van der Waals surface area contributed by atoms with E-state index in [0.29, 0.717) is 13.2 Å². The maximum absolute atomic E-state index is 12.1.